The number of methoxy groups -OCH3 is 1. The first-order chi connectivity index (χ1) is 14.5. The van der Waals surface area contributed by atoms with Crippen LogP contribution in [0, 0.1) is 0 Å². The lowest BCUT2D eigenvalue weighted by atomic mass is 10.2. The molecule has 1 fully saturated rings. The van der Waals surface area contributed by atoms with Crippen molar-refractivity contribution in [1.29, 1.82) is 0 Å². The predicted molar refractivity (Wildman–Crippen MR) is 125 cm³/mol. The van der Waals surface area contributed by atoms with Gasteiger partial charge in [0, 0.05) is 4.47 Å². The van der Waals surface area contributed by atoms with E-state index in [1.807, 2.05) is 43.3 Å². The van der Waals surface area contributed by atoms with Crippen LogP contribution in [0.5, 0.6) is 17.2 Å². The molecule has 30 heavy (non-hydrogen) atoms. The van der Waals surface area contributed by atoms with E-state index >= 15 is 0 Å². The molecule has 8 heteroatoms. The molecule has 0 bridgehead atoms. The second-order valence-electron chi connectivity index (χ2n) is 6.03. The highest BCUT2D eigenvalue weighted by atomic mass is 79.9. The molecule has 0 unspecified atom stereocenters. The van der Waals surface area contributed by atoms with E-state index in [4.69, 9.17) is 14.2 Å². The van der Waals surface area contributed by atoms with Crippen LogP contribution in [0.3, 0.4) is 0 Å². The van der Waals surface area contributed by atoms with Crippen LogP contribution in [0.4, 0.5) is 5.69 Å². The summed E-state index contributed by atoms with van der Waals surface area (Å²) in [6.45, 7) is 6.43. The zero-order valence-electron chi connectivity index (χ0n) is 16.6. The Morgan fingerprint density at radius 3 is 2.60 bits per heavy atom. The molecule has 0 saturated carbocycles. The maximum absolute atomic E-state index is 12.4. The number of hydrogen-bond donors (Lipinski definition) is 1. The first-order valence-corrected chi connectivity index (χ1v) is 10.8. The highest BCUT2D eigenvalue weighted by molar-refractivity contribution is 9.10. The zero-order valence-corrected chi connectivity index (χ0v) is 19.0. The van der Waals surface area contributed by atoms with Gasteiger partial charge in [-0.05, 0) is 66.7 Å². The van der Waals surface area contributed by atoms with Crippen molar-refractivity contribution in [2.24, 2.45) is 4.99 Å². The van der Waals surface area contributed by atoms with Gasteiger partial charge in [0.05, 0.1) is 24.3 Å². The monoisotopic (exact) mass is 488 g/mol. The Balaban J connectivity index is 1.85. The van der Waals surface area contributed by atoms with Crippen molar-refractivity contribution >= 4 is 50.5 Å². The van der Waals surface area contributed by atoms with Crippen molar-refractivity contribution < 1.29 is 19.0 Å². The summed E-state index contributed by atoms with van der Waals surface area (Å²) in [5, 5.41) is 3.31. The molecule has 1 aliphatic heterocycles. The molecular weight excluding hydrogens is 468 g/mol. The topological polar surface area (TPSA) is 69.2 Å². The molecule has 1 heterocycles. The number of ether oxygens (including phenoxy) is 3. The third-order valence-corrected chi connectivity index (χ3v) is 5.56. The Morgan fingerprint density at radius 1 is 1.20 bits per heavy atom. The predicted octanol–water partition coefficient (Wildman–Crippen LogP) is 5.31. The number of nitrogens with zero attached hydrogens (tertiary/aromatic N) is 1. The van der Waals surface area contributed by atoms with Crippen LogP contribution in [0.25, 0.3) is 6.08 Å². The van der Waals surface area contributed by atoms with E-state index < -0.39 is 0 Å². The molecule has 6 nitrogen and oxygen atoms in total. The third kappa shape index (κ3) is 5.46. The number of carbonyl (C=O) groups excluding carboxylic acids is 1. The molecule has 0 radical (unpaired) electrons. The van der Waals surface area contributed by atoms with Gasteiger partial charge in [0.15, 0.2) is 16.7 Å². The van der Waals surface area contributed by atoms with Gasteiger partial charge in [-0.2, -0.15) is 0 Å². The smallest absolute Gasteiger partial charge is 0.264 e. The Kier molecular flexibility index (Phi) is 7.59. The van der Waals surface area contributed by atoms with Gasteiger partial charge in [-0.15, -0.1) is 0 Å². The Morgan fingerprint density at radius 2 is 1.93 bits per heavy atom. The third-order valence-electron chi connectivity index (χ3n) is 3.96. The highest BCUT2D eigenvalue weighted by Gasteiger charge is 2.24. The average molecular weight is 489 g/mol. The van der Waals surface area contributed by atoms with E-state index in [2.05, 4.69) is 32.8 Å². The van der Waals surface area contributed by atoms with Gasteiger partial charge in [0.25, 0.3) is 5.91 Å². The Hall–Kier alpha value is -2.71. The number of benzene rings is 2. The molecule has 0 spiro atoms. The number of aliphatic imine (C=N–C) groups is 1. The van der Waals surface area contributed by atoms with Gasteiger partial charge >= 0.3 is 0 Å². The Bertz CT molecular complexity index is 1000. The average Bonchev–Trinajstić information content (AvgIpc) is 3.08. The summed E-state index contributed by atoms with van der Waals surface area (Å²) < 4.78 is 17.3. The summed E-state index contributed by atoms with van der Waals surface area (Å²) in [5.41, 5.74) is 1.52. The minimum Gasteiger partial charge on any atom is -0.497 e. The lowest BCUT2D eigenvalue weighted by Crippen LogP contribution is -2.19. The SMILES string of the molecule is C=CCOc1cc(Br)c(/C=C2/SC(=Nc3ccc(OC)cc3)NC2=O)cc1OCC. The fourth-order valence-electron chi connectivity index (χ4n) is 2.59. The first-order valence-electron chi connectivity index (χ1n) is 9.17. The maximum Gasteiger partial charge on any atom is 0.264 e. The summed E-state index contributed by atoms with van der Waals surface area (Å²) >= 11 is 4.82. The molecular formula is C22H21BrN2O4S. The Labute approximate surface area is 188 Å². The number of amides is 1. The van der Waals surface area contributed by atoms with Crippen LogP contribution < -0.4 is 19.5 Å². The van der Waals surface area contributed by atoms with Crippen molar-refractivity contribution in [3.05, 3.63) is 64.0 Å². The van der Waals surface area contributed by atoms with Crippen molar-refractivity contribution in [2.75, 3.05) is 20.3 Å². The summed E-state index contributed by atoms with van der Waals surface area (Å²) in [6.07, 6.45) is 3.46. The second kappa shape index (κ2) is 10.4. The number of halogens is 1. The quantitative estimate of drug-likeness (QED) is 0.402. The van der Waals surface area contributed by atoms with E-state index in [9.17, 15) is 4.79 Å². The van der Waals surface area contributed by atoms with E-state index in [-0.39, 0.29) is 5.91 Å². The van der Waals surface area contributed by atoms with Crippen LogP contribution in [-0.2, 0) is 4.79 Å². The maximum atomic E-state index is 12.4. The van der Waals surface area contributed by atoms with Gasteiger partial charge in [0.1, 0.15) is 12.4 Å². The standard InChI is InChI=1S/C22H21BrN2O4S/c1-4-10-29-19-13-17(23)14(11-18(19)28-5-2)12-20-21(26)25-22(30-20)24-15-6-8-16(27-3)9-7-15/h4,6-9,11-13H,1,5,10H2,2-3H3,(H,24,25,26)/b20-12+. The number of thioether (sulfide) groups is 1. The number of carbonyl (C=O) groups is 1. The van der Waals surface area contributed by atoms with Crippen molar-refractivity contribution in [2.45, 2.75) is 6.92 Å². The second-order valence-corrected chi connectivity index (χ2v) is 7.92. The summed E-state index contributed by atoms with van der Waals surface area (Å²) in [7, 11) is 1.61. The largest absolute Gasteiger partial charge is 0.497 e. The minimum atomic E-state index is -0.205. The fourth-order valence-corrected chi connectivity index (χ4v) is 3.86. The van der Waals surface area contributed by atoms with Crippen molar-refractivity contribution in [3.63, 3.8) is 0 Å². The van der Waals surface area contributed by atoms with Gasteiger partial charge in [-0.1, -0.05) is 28.6 Å². The molecule has 1 aliphatic rings. The summed E-state index contributed by atoms with van der Waals surface area (Å²) in [4.78, 5) is 17.4. The molecule has 0 aromatic heterocycles. The van der Waals surface area contributed by atoms with E-state index in [0.29, 0.717) is 34.8 Å². The van der Waals surface area contributed by atoms with E-state index in [1.165, 1.54) is 11.8 Å². The lowest BCUT2D eigenvalue weighted by Gasteiger charge is -2.13. The van der Waals surface area contributed by atoms with Gasteiger partial charge in [-0.3, -0.25) is 4.79 Å². The van der Waals surface area contributed by atoms with Crippen LogP contribution in [0.1, 0.15) is 12.5 Å². The first kappa shape index (κ1) is 22.0. The van der Waals surface area contributed by atoms with Crippen molar-refractivity contribution in [1.82, 2.24) is 5.32 Å². The molecule has 1 N–H and O–H groups in total. The van der Waals surface area contributed by atoms with Gasteiger partial charge < -0.3 is 19.5 Å². The number of amidine groups is 1. The van der Waals surface area contributed by atoms with Crippen LogP contribution in [0.2, 0.25) is 0 Å². The molecule has 1 saturated heterocycles. The summed E-state index contributed by atoms with van der Waals surface area (Å²) in [6, 6.07) is 11.0. The molecule has 2 aromatic rings. The normalized spacial score (nSPS) is 15.9. The van der Waals surface area contributed by atoms with Gasteiger partial charge in [-0.25, -0.2) is 4.99 Å². The number of nitrogens with one attached hydrogen (secondary N) is 1. The van der Waals surface area contributed by atoms with Crippen LogP contribution in [0.15, 0.2) is 63.4 Å². The molecule has 2 aromatic carbocycles. The van der Waals surface area contributed by atoms with Crippen LogP contribution in [-0.4, -0.2) is 31.4 Å². The zero-order chi connectivity index (χ0) is 21.5. The van der Waals surface area contributed by atoms with E-state index in [1.54, 1.807) is 19.3 Å². The number of rotatable bonds is 8. The number of hydrogen-bond acceptors (Lipinski definition) is 6. The minimum absolute atomic E-state index is 0.205. The highest BCUT2D eigenvalue weighted by Crippen LogP contribution is 2.37. The molecule has 0 atom stereocenters. The van der Waals surface area contributed by atoms with Crippen molar-refractivity contribution in [3.8, 4) is 17.2 Å². The van der Waals surface area contributed by atoms with Gasteiger partial charge in [0.2, 0.25) is 0 Å². The molecule has 156 valence electrons. The molecule has 0 aliphatic carbocycles. The van der Waals surface area contributed by atoms with Crippen LogP contribution >= 0.6 is 27.7 Å². The summed E-state index contributed by atoms with van der Waals surface area (Å²) in [5.74, 6) is 1.75. The molecule has 3 rings (SSSR count). The van der Waals surface area contributed by atoms with E-state index in [0.717, 1.165) is 21.5 Å². The lowest BCUT2D eigenvalue weighted by molar-refractivity contribution is -0.115. The molecule has 1 amide bonds. The fraction of sp³-hybridized carbons (Fsp3) is 0.182.